The number of methoxy groups -OCH3 is 1. The minimum absolute atomic E-state index is 0.412. The second-order valence-corrected chi connectivity index (χ2v) is 6.03. The number of unbranched alkanes of at least 4 members (excludes halogenated alkanes) is 3. The van der Waals surface area contributed by atoms with Crippen LogP contribution in [-0.4, -0.2) is 30.7 Å². The molecule has 1 aromatic rings. The molecule has 1 rings (SSSR count). The maximum absolute atomic E-state index is 5.74. The number of hydrogen-bond donors (Lipinski definition) is 2. The van der Waals surface area contributed by atoms with Gasteiger partial charge < -0.3 is 15.8 Å². The van der Waals surface area contributed by atoms with Crippen LogP contribution in [0.15, 0.2) is 18.2 Å². The number of rotatable bonds is 10. The van der Waals surface area contributed by atoms with E-state index in [0.29, 0.717) is 4.99 Å². The summed E-state index contributed by atoms with van der Waals surface area (Å²) in [7, 11) is 1.66. The predicted octanol–water partition coefficient (Wildman–Crippen LogP) is 3.66. The molecule has 0 spiro atoms. The van der Waals surface area contributed by atoms with Crippen LogP contribution in [0, 0.1) is 0 Å². The maximum Gasteiger partial charge on any atom is 0.120 e. The van der Waals surface area contributed by atoms with Crippen LogP contribution in [0.3, 0.4) is 0 Å². The molecule has 0 amide bonds. The van der Waals surface area contributed by atoms with E-state index in [1.807, 2.05) is 30.0 Å². The molecule has 112 valence electrons. The lowest BCUT2D eigenvalue weighted by Gasteiger charge is -2.12. The molecule has 1 aromatic carbocycles. The quantitative estimate of drug-likeness (QED) is 0.510. The number of thioether (sulfide) groups is 1. The van der Waals surface area contributed by atoms with Crippen LogP contribution in [0.1, 0.15) is 31.2 Å². The summed E-state index contributed by atoms with van der Waals surface area (Å²) in [5.41, 5.74) is 7.58. The number of nitrogens with one attached hydrogen (secondary N) is 1. The van der Waals surface area contributed by atoms with Crippen molar-refractivity contribution in [3.8, 4) is 5.75 Å². The zero-order chi connectivity index (χ0) is 14.8. The number of ether oxygens (including phenoxy) is 1. The van der Waals surface area contributed by atoms with Crippen molar-refractivity contribution in [2.24, 2.45) is 5.73 Å². The van der Waals surface area contributed by atoms with Crippen molar-refractivity contribution in [2.75, 3.05) is 31.0 Å². The van der Waals surface area contributed by atoms with Gasteiger partial charge in [-0.05, 0) is 37.0 Å². The monoisotopic (exact) mass is 312 g/mol. The van der Waals surface area contributed by atoms with Crippen molar-refractivity contribution < 1.29 is 4.74 Å². The third-order valence-corrected chi connectivity index (χ3v) is 4.00. The molecule has 0 saturated carbocycles. The predicted molar refractivity (Wildman–Crippen MR) is 94.2 cm³/mol. The summed E-state index contributed by atoms with van der Waals surface area (Å²) in [5, 5.41) is 3.41. The zero-order valence-corrected chi connectivity index (χ0v) is 13.9. The Kier molecular flexibility index (Phi) is 8.46. The van der Waals surface area contributed by atoms with E-state index in [1.54, 1.807) is 7.11 Å². The summed E-state index contributed by atoms with van der Waals surface area (Å²) in [6, 6.07) is 5.73. The van der Waals surface area contributed by atoms with Crippen LogP contribution in [0.4, 0.5) is 5.69 Å². The van der Waals surface area contributed by atoms with Gasteiger partial charge in [0.25, 0.3) is 0 Å². The first kappa shape index (κ1) is 17.1. The Bertz CT molecular complexity index is 424. The molecule has 3 N–H and O–H groups in total. The first-order valence-corrected chi connectivity index (χ1v) is 8.70. The minimum atomic E-state index is 0.412. The third-order valence-electron chi connectivity index (χ3n) is 3.08. The van der Waals surface area contributed by atoms with Crippen LogP contribution in [0.2, 0.25) is 0 Å². The normalized spacial score (nSPS) is 10.3. The fourth-order valence-corrected chi connectivity index (χ4v) is 2.63. The third kappa shape index (κ3) is 6.01. The lowest BCUT2D eigenvalue weighted by atomic mass is 10.1. The summed E-state index contributed by atoms with van der Waals surface area (Å²) >= 11 is 6.99. The molecule has 20 heavy (non-hydrogen) atoms. The van der Waals surface area contributed by atoms with Crippen LogP contribution in [0.5, 0.6) is 5.75 Å². The lowest BCUT2D eigenvalue weighted by molar-refractivity contribution is 0.415. The Morgan fingerprint density at radius 1 is 1.30 bits per heavy atom. The van der Waals surface area contributed by atoms with Gasteiger partial charge in [0.2, 0.25) is 0 Å². The van der Waals surface area contributed by atoms with Crippen molar-refractivity contribution >= 4 is 34.7 Å². The summed E-state index contributed by atoms with van der Waals surface area (Å²) in [5.74, 6) is 2.07. The van der Waals surface area contributed by atoms with Gasteiger partial charge >= 0.3 is 0 Å². The average Bonchev–Trinajstić information content (AvgIpc) is 2.45. The van der Waals surface area contributed by atoms with E-state index < -0.39 is 0 Å². The average molecular weight is 313 g/mol. The molecular formula is C15H24N2OS2. The minimum Gasteiger partial charge on any atom is -0.497 e. The van der Waals surface area contributed by atoms with E-state index >= 15 is 0 Å². The second kappa shape index (κ2) is 9.88. The van der Waals surface area contributed by atoms with Gasteiger partial charge in [0.1, 0.15) is 10.7 Å². The Labute approximate surface area is 131 Å². The fourth-order valence-electron chi connectivity index (χ4n) is 1.96. The van der Waals surface area contributed by atoms with Crippen molar-refractivity contribution in [3.05, 3.63) is 23.8 Å². The van der Waals surface area contributed by atoms with Crippen molar-refractivity contribution in [3.63, 3.8) is 0 Å². The molecule has 0 unspecified atom stereocenters. The Morgan fingerprint density at radius 2 is 2.05 bits per heavy atom. The first-order chi connectivity index (χ1) is 9.69. The van der Waals surface area contributed by atoms with E-state index in [4.69, 9.17) is 22.7 Å². The van der Waals surface area contributed by atoms with Gasteiger partial charge in [-0.25, -0.2) is 0 Å². The summed E-state index contributed by atoms with van der Waals surface area (Å²) in [6.07, 6.45) is 7.16. The largest absolute Gasteiger partial charge is 0.497 e. The molecule has 0 radical (unpaired) electrons. The molecule has 3 nitrogen and oxygen atoms in total. The number of nitrogens with two attached hydrogens (primary N) is 1. The van der Waals surface area contributed by atoms with Crippen LogP contribution in [-0.2, 0) is 0 Å². The molecular weight excluding hydrogens is 288 g/mol. The van der Waals surface area contributed by atoms with E-state index in [1.165, 1.54) is 25.0 Å². The van der Waals surface area contributed by atoms with Crippen LogP contribution >= 0.6 is 24.0 Å². The van der Waals surface area contributed by atoms with Gasteiger partial charge in [-0.3, -0.25) is 0 Å². The topological polar surface area (TPSA) is 47.3 Å². The Hall–Kier alpha value is -0.940. The van der Waals surface area contributed by atoms with Crippen LogP contribution < -0.4 is 15.8 Å². The Morgan fingerprint density at radius 3 is 2.70 bits per heavy atom. The zero-order valence-electron chi connectivity index (χ0n) is 12.3. The van der Waals surface area contributed by atoms with Gasteiger partial charge in [-0.1, -0.05) is 25.1 Å². The number of benzene rings is 1. The molecule has 0 fully saturated rings. The Balaban J connectivity index is 2.43. The van der Waals surface area contributed by atoms with Crippen molar-refractivity contribution in [1.29, 1.82) is 0 Å². The van der Waals surface area contributed by atoms with E-state index in [0.717, 1.165) is 30.0 Å². The highest BCUT2D eigenvalue weighted by molar-refractivity contribution is 7.98. The number of thiocarbonyl (C=S) groups is 1. The SMILES string of the molecule is COc1ccc(C(N)=S)c(NCCCCCCSC)c1. The maximum atomic E-state index is 5.74. The smallest absolute Gasteiger partial charge is 0.120 e. The van der Waals surface area contributed by atoms with Crippen molar-refractivity contribution in [2.45, 2.75) is 25.7 Å². The first-order valence-electron chi connectivity index (χ1n) is 6.89. The van der Waals surface area contributed by atoms with Gasteiger partial charge in [0.05, 0.1) is 7.11 Å². The summed E-state index contributed by atoms with van der Waals surface area (Å²) < 4.78 is 5.23. The highest BCUT2D eigenvalue weighted by Crippen LogP contribution is 2.22. The van der Waals surface area contributed by atoms with Crippen LogP contribution in [0.25, 0.3) is 0 Å². The molecule has 0 aromatic heterocycles. The van der Waals surface area contributed by atoms with E-state index in [9.17, 15) is 0 Å². The van der Waals surface area contributed by atoms with Gasteiger partial charge in [-0.2, -0.15) is 11.8 Å². The molecule has 0 aliphatic heterocycles. The van der Waals surface area contributed by atoms with Gasteiger partial charge in [0, 0.05) is 23.9 Å². The molecule has 0 saturated heterocycles. The summed E-state index contributed by atoms with van der Waals surface area (Å²) in [6.45, 7) is 0.933. The standard InChI is InChI=1S/C15H24N2OS2/c1-18-12-7-8-13(15(16)19)14(11-12)17-9-5-3-4-6-10-20-2/h7-8,11,17H,3-6,9-10H2,1-2H3,(H2,16,19). The van der Waals surface area contributed by atoms with Crippen molar-refractivity contribution in [1.82, 2.24) is 0 Å². The summed E-state index contributed by atoms with van der Waals surface area (Å²) in [4.78, 5) is 0.412. The lowest BCUT2D eigenvalue weighted by Crippen LogP contribution is -2.14. The van der Waals surface area contributed by atoms with E-state index in [2.05, 4.69) is 11.6 Å². The van der Waals surface area contributed by atoms with Gasteiger partial charge in [0.15, 0.2) is 0 Å². The molecule has 0 atom stereocenters. The number of hydrogen-bond acceptors (Lipinski definition) is 4. The molecule has 0 aliphatic rings. The second-order valence-electron chi connectivity index (χ2n) is 4.61. The van der Waals surface area contributed by atoms with Gasteiger partial charge in [-0.15, -0.1) is 0 Å². The molecule has 0 bridgehead atoms. The fraction of sp³-hybridized carbons (Fsp3) is 0.533. The van der Waals surface area contributed by atoms with E-state index in [-0.39, 0.29) is 0 Å². The highest BCUT2D eigenvalue weighted by atomic mass is 32.2. The number of anilines is 1. The molecule has 5 heteroatoms. The molecule has 0 aliphatic carbocycles. The molecule has 0 heterocycles. The highest BCUT2D eigenvalue weighted by Gasteiger charge is 2.06.